The Labute approximate surface area is 96.9 Å². The Balaban J connectivity index is 2.27. The molecule has 0 aliphatic heterocycles. The van der Waals surface area contributed by atoms with E-state index in [9.17, 15) is 5.11 Å². The molecule has 0 radical (unpaired) electrons. The van der Waals surface area contributed by atoms with Crippen LogP contribution in [0.2, 0.25) is 0 Å². The smallest absolute Gasteiger partial charge is 0.134 e. The molecule has 1 aliphatic rings. The van der Waals surface area contributed by atoms with Crippen LogP contribution < -0.4 is 0 Å². The second kappa shape index (κ2) is 4.91. The molecule has 1 aromatic rings. The van der Waals surface area contributed by atoms with E-state index in [0.717, 1.165) is 17.9 Å². The minimum atomic E-state index is 0.0960. The fourth-order valence-electron chi connectivity index (χ4n) is 2.11. The molecule has 1 atom stereocenters. The van der Waals surface area contributed by atoms with Crippen LogP contribution in [-0.2, 0) is 0 Å². The van der Waals surface area contributed by atoms with Crippen LogP contribution in [-0.4, -0.2) is 21.7 Å². The average Bonchev–Trinajstić information content (AvgIpc) is 2.16. The van der Waals surface area contributed by atoms with Gasteiger partial charge in [0, 0.05) is 23.2 Å². The molecular formula is C13H20N2O. The van der Waals surface area contributed by atoms with Gasteiger partial charge in [0.25, 0.3) is 0 Å². The lowest BCUT2D eigenvalue weighted by molar-refractivity contribution is 0.256. The van der Waals surface area contributed by atoms with E-state index in [1.54, 1.807) is 0 Å². The largest absolute Gasteiger partial charge is 0.396 e. The monoisotopic (exact) mass is 220 g/mol. The molecular weight excluding hydrogens is 200 g/mol. The molecule has 16 heavy (non-hydrogen) atoms. The van der Waals surface area contributed by atoms with Gasteiger partial charge in [0.2, 0.25) is 0 Å². The van der Waals surface area contributed by atoms with Crippen LogP contribution in [0.5, 0.6) is 0 Å². The topological polar surface area (TPSA) is 46.0 Å². The number of aromatic nitrogens is 2. The lowest BCUT2D eigenvalue weighted by atomic mass is 9.82. The number of nitrogens with zero attached hydrogens (tertiary/aromatic N) is 2. The van der Waals surface area contributed by atoms with Gasteiger partial charge in [-0.05, 0) is 32.3 Å². The summed E-state index contributed by atoms with van der Waals surface area (Å²) in [5.74, 6) is 1.56. The van der Waals surface area contributed by atoms with Gasteiger partial charge in [-0.15, -0.1) is 0 Å². The highest BCUT2D eigenvalue weighted by atomic mass is 16.3. The minimum absolute atomic E-state index is 0.0960. The third-order valence-electron chi connectivity index (χ3n) is 3.49. The molecule has 1 fully saturated rings. The van der Waals surface area contributed by atoms with Gasteiger partial charge in [-0.1, -0.05) is 13.3 Å². The van der Waals surface area contributed by atoms with Crippen molar-refractivity contribution in [3.8, 4) is 0 Å². The second-order valence-corrected chi connectivity index (χ2v) is 4.71. The van der Waals surface area contributed by atoms with Crippen LogP contribution in [0.4, 0.5) is 0 Å². The van der Waals surface area contributed by atoms with Crippen molar-refractivity contribution < 1.29 is 5.11 Å². The summed E-state index contributed by atoms with van der Waals surface area (Å²) in [4.78, 5) is 9.07. The Kier molecular flexibility index (Phi) is 3.54. The number of aliphatic hydroxyl groups excluding tert-OH is 1. The van der Waals surface area contributed by atoms with Gasteiger partial charge in [0.1, 0.15) is 5.82 Å². The fourth-order valence-corrected chi connectivity index (χ4v) is 2.11. The third kappa shape index (κ3) is 2.24. The number of aryl methyl sites for hydroxylation is 1. The van der Waals surface area contributed by atoms with Gasteiger partial charge in [-0.3, -0.25) is 0 Å². The van der Waals surface area contributed by atoms with Gasteiger partial charge >= 0.3 is 0 Å². The van der Waals surface area contributed by atoms with Crippen molar-refractivity contribution in [2.75, 3.05) is 6.61 Å². The van der Waals surface area contributed by atoms with Gasteiger partial charge in [0.15, 0.2) is 0 Å². The molecule has 1 aromatic heterocycles. The van der Waals surface area contributed by atoms with Crippen LogP contribution in [0.3, 0.4) is 0 Å². The summed E-state index contributed by atoms with van der Waals surface area (Å²) < 4.78 is 0. The molecule has 3 heteroatoms. The molecule has 1 unspecified atom stereocenters. The molecule has 1 N–H and O–H groups in total. The second-order valence-electron chi connectivity index (χ2n) is 4.71. The first-order chi connectivity index (χ1) is 7.74. The van der Waals surface area contributed by atoms with Crippen LogP contribution >= 0.6 is 0 Å². The summed E-state index contributed by atoms with van der Waals surface area (Å²) in [6, 6.07) is 2.09. The highest BCUT2D eigenvalue weighted by molar-refractivity contribution is 5.17. The van der Waals surface area contributed by atoms with Crippen molar-refractivity contribution in [3.63, 3.8) is 0 Å². The SMILES string of the molecule is CCC(CO)c1nc(C)cc(C2CCC2)n1. The highest BCUT2D eigenvalue weighted by Crippen LogP contribution is 2.35. The zero-order chi connectivity index (χ0) is 11.5. The van der Waals surface area contributed by atoms with Crippen molar-refractivity contribution >= 4 is 0 Å². The summed E-state index contributed by atoms with van der Waals surface area (Å²) in [6.45, 7) is 4.22. The molecule has 3 nitrogen and oxygen atoms in total. The first-order valence-corrected chi connectivity index (χ1v) is 6.21. The van der Waals surface area contributed by atoms with Crippen LogP contribution in [0.1, 0.15) is 61.7 Å². The van der Waals surface area contributed by atoms with E-state index in [1.165, 1.54) is 25.0 Å². The first-order valence-electron chi connectivity index (χ1n) is 6.21. The van der Waals surface area contributed by atoms with Crippen LogP contribution in [0, 0.1) is 6.92 Å². The Morgan fingerprint density at radius 3 is 2.69 bits per heavy atom. The summed E-state index contributed by atoms with van der Waals surface area (Å²) in [7, 11) is 0. The zero-order valence-electron chi connectivity index (χ0n) is 10.1. The maximum absolute atomic E-state index is 9.29. The van der Waals surface area contributed by atoms with E-state index in [-0.39, 0.29) is 12.5 Å². The summed E-state index contributed by atoms with van der Waals surface area (Å²) in [5, 5.41) is 9.29. The summed E-state index contributed by atoms with van der Waals surface area (Å²) in [6.07, 6.45) is 4.72. The Bertz CT molecular complexity index is 357. The van der Waals surface area contributed by atoms with Crippen molar-refractivity contribution in [2.24, 2.45) is 0 Å². The van der Waals surface area contributed by atoms with Crippen molar-refractivity contribution in [2.45, 2.75) is 51.4 Å². The van der Waals surface area contributed by atoms with Crippen molar-refractivity contribution in [1.29, 1.82) is 0 Å². The Morgan fingerprint density at radius 2 is 2.19 bits per heavy atom. The highest BCUT2D eigenvalue weighted by Gasteiger charge is 2.23. The third-order valence-corrected chi connectivity index (χ3v) is 3.49. The normalized spacial score (nSPS) is 18.2. The maximum Gasteiger partial charge on any atom is 0.134 e. The fraction of sp³-hybridized carbons (Fsp3) is 0.692. The van der Waals surface area contributed by atoms with Gasteiger partial charge in [0.05, 0.1) is 6.61 Å². The van der Waals surface area contributed by atoms with E-state index in [2.05, 4.69) is 23.0 Å². The minimum Gasteiger partial charge on any atom is -0.396 e. The molecule has 0 amide bonds. The maximum atomic E-state index is 9.29. The summed E-state index contributed by atoms with van der Waals surface area (Å²) >= 11 is 0. The molecule has 2 rings (SSSR count). The van der Waals surface area contributed by atoms with Gasteiger partial charge in [-0.25, -0.2) is 9.97 Å². The number of hydrogen-bond acceptors (Lipinski definition) is 3. The molecule has 88 valence electrons. The standard InChI is InChI=1S/C13H20N2O/c1-3-10(8-16)13-14-9(2)7-12(15-13)11-5-4-6-11/h7,10-11,16H,3-6,8H2,1-2H3. The lowest BCUT2D eigenvalue weighted by Crippen LogP contribution is -2.15. The Hall–Kier alpha value is -0.960. The molecule has 0 saturated heterocycles. The van der Waals surface area contributed by atoms with Gasteiger partial charge < -0.3 is 5.11 Å². The zero-order valence-corrected chi connectivity index (χ0v) is 10.1. The molecule has 1 saturated carbocycles. The molecule has 0 aromatic carbocycles. The van der Waals surface area contributed by atoms with E-state index in [4.69, 9.17) is 0 Å². The Morgan fingerprint density at radius 1 is 1.44 bits per heavy atom. The molecule has 0 spiro atoms. The van der Waals surface area contributed by atoms with E-state index in [0.29, 0.717) is 5.92 Å². The van der Waals surface area contributed by atoms with E-state index >= 15 is 0 Å². The average molecular weight is 220 g/mol. The lowest BCUT2D eigenvalue weighted by Gasteiger charge is -2.25. The van der Waals surface area contributed by atoms with Gasteiger partial charge in [-0.2, -0.15) is 0 Å². The van der Waals surface area contributed by atoms with Crippen molar-refractivity contribution in [1.82, 2.24) is 9.97 Å². The molecule has 1 heterocycles. The number of rotatable bonds is 4. The van der Waals surface area contributed by atoms with Crippen molar-refractivity contribution in [3.05, 3.63) is 23.3 Å². The number of hydrogen-bond donors (Lipinski definition) is 1. The predicted octanol–water partition coefficient (Wildman–Crippen LogP) is 2.54. The van der Waals surface area contributed by atoms with E-state index < -0.39 is 0 Å². The summed E-state index contributed by atoms with van der Waals surface area (Å²) in [5.41, 5.74) is 2.21. The quantitative estimate of drug-likeness (QED) is 0.848. The predicted molar refractivity (Wildman–Crippen MR) is 63.5 cm³/mol. The van der Waals surface area contributed by atoms with Crippen LogP contribution in [0.25, 0.3) is 0 Å². The van der Waals surface area contributed by atoms with Crippen LogP contribution in [0.15, 0.2) is 6.07 Å². The molecule has 1 aliphatic carbocycles. The first kappa shape index (κ1) is 11.5. The molecule has 0 bridgehead atoms. The van der Waals surface area contributed by atoms with E-state index in [1.807, 2.05) is 6.92 Å². The number of aliphatic hydroxyl groups is 1.